The second kappa shape index (κ2) is 6.40. The number of nitrogens with zero attached hydrogens (tertiary/aromatic N) is 1. The average molecular weight is 239 g/mol. The van der Waals surface area contributed by atoms with Crippen LogP contribution < -0.4 is 0 Å². The van der Waals surface area contributed by atoms with Gasteiger partial charge in [-0.2, -0.15) is 4.99 Å². The van der Waals surface area contributed by atoms with E-state index in [9.17, 15) is 14.4 Å². The molecule has 6 heteroatoms. The summed E-state index contributed by atoms with van der Waals surface area (Å²) in [5.41, 5.74) is -1.25. The number of hydrogen-bond donors (Lipinski definition) is 0. The number of esters is 2. The summed E-state index contributed by atoms with van der Waals surface area (Å²) in [4.78, 5) is 35.7. The van der Waals surface area contributed by atoms with Crippen molar-refractivity contribution in [2.24, 2.45) is 4.99 Å². The summed E-state index contributed by atoms with van der Waals surface area (Å²) in [6, 6.07) is 0. The zero-order chi connectivity index (χ0) is 13.5. The highest BCUT2D eigenvalue weighted by molar-refractivity contribution is 5.83. The quantitative estimate of drug-likeness (QED) is 0.226. The molecular formula is C11H13NO5. The molecule has 0 aromatic heterocycles. The number of carbonyl (C=O) groups excluding carboxylic acids is 3. The SMILES string of the molecule is C=CC(=O)OC(OC(=O)C=C)C(C)(C)N=C=O. The van der Waals surface area contributed by atoms with E-state index in [1.807, 2.05) is 0 Å². The summed E-state index contributed by atoms with van der Waals surface area (Å²) in [6.45, 7) is 9.28. The van der Waals surface area contributed by atoms with Crippen LogP contribution in [0.4, 0.5) is 0 Å². The number of hydrogen-bond acceptors (Lipinski definition) is 6. The molecule has 0 rings (SSSR count). The van der Waals surface area contributed by atoms with Crippen molar-refractivity contribution in [2.45, 2.75) is 25.7 Å². The largest absolute Gasteiger partial charge is 0.419 e. The van der Waals surface area contributed by atoms with Crippen LogP contribution in [-0.4, -0.2) is 29.8 Å². The molecule has 0 unspecified atom stereocenters. The van der Waals surface area contributed by atoms with Gasteiger partial charge in [-0.25, -0.2) is 14.4 Å². The zero-order valence-electron chi connectivity index (χ0n) is 9.63. The molecule has 92 valence electrons. The van der Waals surface area contributed by atoms with Gasteiger partial charge in [-0.1, -0.05) is 13.2 Å². The van der Waals surface area contributed by atoms with Crippen LogP contribution in [0.2, 0.25) is 0 Å². The van der Waals surface area contributed by atoms with E-state index >= 15 is 0 Å². The smallest absolute Gasteiger partial charge is 0.333 e. The van der Waals surface area contributed by atoms with Crippen molar-refractivity contribution in [1.82, 2.24) is 0 Å². The first-order valence-electron chi connectivity index (χ1n) is 4.62. The Bertz CT molecular complexity index is 357. The minimum Gasteiger partial charge on any atom is -0.419 e. The lowest BCUT2D eigenvalue weighted by Crippen LogP contribution is -2.41. The fraction of sp³-hybridized carbons (Fsp3) is 0.364. The molecule has 0 radical (unpaired) electrons. The fourth-order valence-corrected chi connectivity index (χ4v) is 0.790. The Labute approximate surface area is 98.6 Å². The summed E-state index contributed by atoms with van der Waals surface area (Å²) < 4.78 is 9.54. The number of aliphatic imine (C=N–C) groups is 1. The zero-order valence-corrected chi connectivity index (χ0v) is 9.63. The second-order valence-corrected chi connectivity index (χ2v) is 3.47. The Hall–Kier alpha value is -2.20. The Balaban J connectivity index is 5.01. The van der Waals surface area contributed by atoms with Gasteiger partial charge in [-0.05, 0) is 13.8 Å². The van der Waals surface area contributed by atoms with Gasteiger partial charge < -0.3 is 9.47 Å². The van der Waals surface area contributed by atoms with Gasteiger partial charge in [0, 0.05) is 12.2 Å². The molecule has 0 saturated heterocycles. The molecule has 17 heavy (non-hydrogen) atoms. The Morgan fingerprint density at radius 2 is 1.65 bits per heavy atom. The minimum absolute atomic E-state index is 0.805. The van der Waals surface area contributed by atoms with E-state index in [1.165, 1.54) is 19.9 Å². The molecule has 0 N–H and O–H groups in total. The molecule has 0 aliphatic carbocycles. The van der Waals surface area contributed by atoms with Gasteiger partial charge in [0.2, 0.25) is 6.08 Å². The van der Waals surface area contributed by atoms with Crippen molar-refractivity contribution in [3.05, 3.63) is 25.3 Å². The van der Waals surface area contributed by atoms with Gasteiger partial charge in [0.15, 0.2) is 0 Å². The van der Waals surface area contributed by atoms with Gasteiger partial charge in [-0.15, -0.1) is 0 Å². The van der Waals surface area contributed by atoms with Gasteiger partial charge in [0.05, 0.1) is 0 Å². The number of ether oxygens (including phenoxy) is 2. The van der Waals surface area contributed by atoms with Crippen molar-refractivity contribution in [3.63, 3.8) is 0 Å². The lowest BCUT2D eigenvalue weighted by molar-refractivity contribution is -0.191. The number of isocyanates is 1. The summed E-state index contributed by atoms with van der Waals surface area (Å²) in [7, 11) is 0. The normalized spacial score (nSPS) is 10.1. The van der Waals surface area contributed by atoms with Gasteiger partial charge in [0.1, 0.15) is 5.54 Å². The molecule has 0 aromatic rings. The fourth-order valence-electron chi connectivity index (χ4n) is 0.790. The Morgan fingerprint density at radius 1 is 1.24 bits per heavy atom. The van der Waals surface area contributed by atoms with Crippen molar-refractivity contribution >= 4 is 18.0 Å². The van der Waals surface area contributed by atoms with E-state index in [0.717, 1.165) is 12.2 Å². The summed E-state index contributed by atoms with van der Waals surface area (Å²) >= 11 is 0. The van der Waals surface area contributed by atoms with Crippen LogP contribution in [0.5, 0.6) is 0 Å². The van der Waals surface area contributed by atoms with Crippen LogP contribution in [0.15, 0.2) is 30.3 Å². The molecular weight excluding hydrogens is 226 g/mol. The molecule has 0 aromatic carbocycles. The highest BCUT2D eigenvalue weighted by Crippen LogP contribution is 2.19. The first kappa shape index (κ1) is 14.8. The molecule has 0 fully saturated rings. The lowest BCUT2D eigenvalue weighted by Gasteiger charge is -2.27. The van der Waals surface area contributed by atoms with Crippen LogP contribution in [-0.2, 0) is 23.9 Å². The molecule has 0 saturated carbocycles. The third-order valence-electron chi connectivity index (χ3n) is 1.69. The van der Waals surface area contributed by atoms with Crippen LogP contribution in [0, 0.1) is 0 Å². The Morgan fingerprint density at radius 3 is 1.94 bits per heavy atom. The van der Waals surface area contributed by atoms with E-state index < -0.39 is 23.8 Å². The monoisotopic (exact) mass is 239 g/mol. The molecule has 0 atom stereocenters. The van der Waals surface area contributed by atoms with E-state index in [2.05, 4.69) is 18.2 Å². The molecule has 0 spiro atoms. The van der Waals surface area contributed by atoms with Crippen molar-refractivity contribution in [2.75, 3.05) is 0 Å². The number of rotatable bonds is 6. The molecule has 0 amide bonds. The molecule has 0 bridgehead atoms. The van der Waals surface area contributed by atoms with Gasteiger partial charge >= 0.3 is 11.9 Å². The topological polar surface area (TPSA) is 82.0 Å². The first-order chi connectivity index (χ1) is 7.87. The molecule has 0 aliphatic heterocycles. The van der Waals surface area contributed by atoms with E-state index in [0.29, 0.717) is 0 Å². The predicted octanol–water partition coefficient (Wildman–Crippen LogP) is 0.885. The highest BCUT2D eigenvalue weighted by Gasteiger charge is 2.35. The third-order valence-corrected chi connectivity index (χ3v) is 1.69. The maximum atomic E-state index is 11.0. The first-order valence-corrected chi connectivity index (χ1v) is 4.62. The van der Waals surface area contributed by atoms with Crippen LogP contribution in [0.1, 0.15) is 13.8 Å². The molecule has 6 nitrogen and oxygen atoms in total. The third kappa shape index (κ3) is 4.90. The highest BCUT2D eigenvalue weighted by atomic mass is 16.7. The number of carbonyl (C=O) groups is 2. The lowest BCUT2D eigenvalue weighted by atomic mass is 10.1. The molecule has 0 heterocycles. The summed E-state index contributed by atoms with van der Waals surface area (Å²) in [6.07, 6.45) is 1.75. The maximum absolute atomic E-state index is 11.0. The average Bonchev–Trinajstić information content (AvgIpc) is 2.27. The van der Waals surface area contributed by atoms with Crippen molar-refractivity contribution < 1.29 is 23.9 Å². The molecule has 0 aliphatic rings. The predicted molar refractivity (Wildman–Crippen MR) is 58.6 cm³/mol. The maximum Gasteiger partial charge on any atom is 0.333 e. The van der Waals surface area contributed by atoms with E-state index in [4.69, 9.17) is 9.47 Å². The summed E-state index contributed by atoms with van der Waals surface area (Å²) in [5, 5.41) is 0. The summed E-state index contributed by atoms with van der Waals surface area (Å²) in [5.74, 6) is -1.61. The standard InChI is InChI=1S/C11H13NO5/c1-5-8(14)16-10(17-9(15)6-2)11(3,4)12-7-13/h5-6,10H,1-2H2,3-4H3. The van der Waals surface area contributed by atoms with Crippen molar-refractivity contribution in [1.29, 1.82) is 0 Å². The van der Waals surface area contributed by atoms with E-state index in [-0.39, 0.29) is 0 Å². The van der Waals surface area contributed by atoms with Crippen molar-refractivity contribution in [3.8, 4) is 0 Å². The van der Waals surface area contributed by atoms with Crippen LogP contribution in [0.25, 0.3) is 0 Å². The van der Waals surface area contributed by atoms with Crippen LogP contribution in [0.3, 0.4) is 0 Å². The van der Waals surface area contributed by atoms with Crippen LogP contribution >= 0.6 is 0 Å². The Kier molecular flexibility index (Phi) is 5.57. The van der Waals surface area contributed by atoms with Gasteiger partial charge in [-0.3, -0.25) is 0 Å². The minimum atomic E-state index is -1.36. The second-order valence-electron chi connectivity index (χ2n) is 3.47. The van der Waals surface area contributed by atoms with E-state index in [1.54, 1.807) is 0 Å². The van der Waals surface area contributed by atoms with Gasteiger partial charge in [0.25, 0.3) is 6.29 Å².